The van der Waals surface area contributed by atoms with Gasteiger partial charge >= 0.3 is 6.18 Å². The summed E-state index contributed by atoms with van der Waals surface area (Å²) in [4.78, 5) is 17.3. The summed E-state index contributed by atoms with van der Waals surface area (Å²) in [5.41, 5.74) is 0.801. The first-order valence-corrected chi connectivity index (χ1v) is 10.2. The molecule has 0 fully saturated rings. The molecule has 0 aliphatic heterocycles. The molecule has 2 aromatic carbocycles. The lowest BCUT2D eigenvalue weighted by molar-refractivity contribution is -0.142. The molecule has 0 unspecified atom stereocenters. The second-order valence-electron chi connectivity index (χ2n) is 7.78. The van der Waals surface area contributed by atoms with Gasteiger partial charge in [0.05, 0.1) is 19.0 Å². The lowest BCUT2D eigenvalue weighted by Crippen LogP contribution is -2.15. The number of halogens is 3. The molecular formula is C24H21F3N4O2. The molecule has 0 saturated carbocycles. The molecule has 0 aliphatic rings. The van der Waals surface area contributed by atoms with Crippen LogP contribution in [0.25, 0.3) is 16.9 Å². The molecule has 0 saturated heterocycles. The fourth-order valence-corrected chi connectivity index (χ4v) is 3.41. The van der Waals surface area contributed by atoms with E-state index < -0.39 is 17.8 Å². The monoisotopic (exact) mass is 454 g/mol. The molecule has 0 atom stereocenters. The number of carbonyl (C=O) groups is 1. The number of nitrogens with zero attached hydrogens (tertiary/aromatic N) is 3. The first-order chi connectivity index (χ1) is 15.7. The SMILES string of the molecule is COc1cccc(NC(=O)c2cnn3c(C(F)(F)F)cc(-c4ccc(C(C)C)cc4)nc23)c1. The summed E-state index contributed by atoms with van der Waals surface area (Å²) in [6.45, 7) is 4.06. The molecule has 4 aromatic rings. The van der Waals surface area contributed by atoms with E-state index in [4.69, 9.17) is 4.74 Å². The van der Waals surface area contributed by atoms with E-state index in [0.717, 1.165) is 17.8 Å². The highest BCUT2D eigenvalue weighted by Crippen LogP contribution is 2.33. The zero-order valence-electron chi connectivity index (χ0n) is 18.1. The van der Waals surface area contributed by atoms with Gasteiger partial charge in [-0.25, -0.2) is 9.50 Å². The number of benzene rings is 2. The van der Waals surface area contributed by atoms with Crippen molar-refractivity contribution >= 4 is 17.2 Å². The summed E-state index contributed by atoms with van der Waals surface area (Å²) >= 11 is 0. The van der Waals surface area contributed by atoms with Crippen molar-refractivity contribution in [2.75, 3.05) is 12.4 Å². The molecular weight excluding hydrogens is 433 g/mol. The maximum Gasteiger partial charge on any atom is 0.433 e. The Morgan fingerprint density at radius 2 is 1.82 bits per heavy atom. The average molecular weight is 454 g/mol. The van der Waals surface area contributed by atoms with Gasteiger partial charge in [0.15, 0.2) is 11.3 Å². The molecule has 1 amide bonds. The van der Waals surface area contributed by atoms with Crippen molar-refractivity contribution in [3.63, 3.8) is 0 Å². The first-order valence-electron chi connectivity index (χ1n) is 10.2. The predicted octanol–water partition coefficient (Wildman–Crippen LogP) is 5.80. The highest BCUT2D eigenvalue weighted by molar-refractivity contribution is 6.08. The minimum atomic E-state index is -4.69. The fourth-order valence-electron chi connectivity index (χ4n) is 3.41. The molecule has 1 N–H and O–H groups in total. The Labute approximate surface area is 188 Å². The van der Waals surface area contributed by atoms with Gasteiger partial charge < -0.3 is 10.1 Å². The van der Waals surface area contributed by atoms with Gasteiger partial charge in [0, 0.05) is 17.3 Å². The normalized spacial score (nSPS) is 11.7. The van der Waals surface area contributed by atoms with Crippen molar-refractivity contribution in [2.24, 2.45) is 0 Å². The van der Waals surface area contributed by atoms with Gasteiger partial charge in [-0.2, -0.15) is 18.3 Å². The number of hydrogen-bond donors (Lipinski definition) is 1. The highest BCUT2D eigenvalue weighted by atomic mass is 19.4. The maximum absolute atomic E-state index is 13.8. The summed E-state index contributed by atoms with van der Waals surface area (Å²) in [6, 6.07) is 14.7. The number of carbonyl (C=O) groups excluding carboxylic acids is 1. The number of amides is 1. The molecule has 33 heavy (non-hydrogen) atoms. The molecule has 2 aromatic heterocycles. The number of rotatable bonds is 5. The Balaban J connectivity index is 1.80. The molecule has 6 nitrogen and oxygen atoms in total. The van der Waals surface area contributed by atoms with E-state index in [1.165, 1.54) is 7.11 Å². The van der Waals surface area contributed by atoms with Crippen molar-refractivity contribution in [1.82, 2.24) is 14.6 Å². The number of hydrogen-bond acceptors (Lipinski definition) is 4. The Morgan fingerprint density at radius 3 is 2.45 bits per heavy atom. The molecule has 0 aliphatic carbocycles. The standard InChI is InChI=1S/C24H21F3N4O2/c1-14(2)15-7-9-16(10-8-15)20-12-21(24(25,26)27)31-22(30-20)19(13-28-31)23(32)29-17-5-4-6-18(11-17)33-3/h4-14H,1-3H3,(H,29,32). The van der Waals surface area contributed by atoms with E-state index in [1.54, 1.807) is 36.4 Å². The van der Waals surface area contributed by atoms with E-state index in [2.05, 4.69) is 15.4 Å². The summed E-state index contributed by atoms with van der Waals surface area (Å²) in [7, 11) is 1.49. The first kappa shape index (κ1) is 22.3. The Bertz CT molecular complexity index is 1310. The van der Waals surface area contributed by atoms with Crippen LogP contribution in [0.1, 0.15) is 41.4 Å². The van der Waals surface area contributed by atoms with Crippen LogP contribution < -0.4 is 10.1 Å². The number of methoxy groups -OCH3 is 1. The number of ether oxygens (including phenoxy) is 1. The van der Waals surface area contributed by atoms with Crippen LogP contribution in [0.2, 0.25) is 0 Å². The third kappa shape index (κ3) is 4.52. The second-order valence-corrected chi connectivity index (χ2v) is 7.78. The van der Waals surface area contributed by atoms with Crippen molar-refractivity contribution in [2.45, 2.75) is 25.9 Å². The van der Waals surface area contributed by atoms with E-state index in [-0.39, 0.29) is 22.8 Å². The van der Waals surface area contributed by atoms with Crippen LogP contribution in [0.5, 0.6) is 5.75 Å². The molecule has 0 bridgehead atoms. The van der Waals surface area contributed by atoms with E-state index in [0.29, 0.717) is 21.5 Å². The van der Waals surface area contributed by atoms with Crippen LogP contribution in [0.15, 0.2) is 60.8 Å². The Morgan fingerprint density at radius 1 is 1.09 bits per heavy atom. The highest BCUT2D eigenvalue weighted by Gasteiger charge is 2.36. The van der Waals surface area contributed by atoms with Gasteiger partial charge in [-0.15, -0.1) is 0 Å². The van der Waals surface area contributed by atoms with Crippen molar-refractivity contribution in [3.05, 3.63) is 77.6 Å². The topological polar surface area (TPSA) is 68.5 Å². The molecule has 0 spiro atoms. The van der Waals surface area contributed by atoms with Gasteiger partial charge in [-0.3, -0.25) is 4.79 Å². The maximum atomic E-state index is 13.8. The lowest BCUT2D eigenvalue weighted by atomic mass is 10.0. The number of anilines is 1. The largest absolute Gasteiger partial charge is 0.497 e. The smallest absolute Gasteiger partial charge is 0.433 e. The summed E-state index contributed by atoms with van der Waals surface area (Å²) in [5.74, 6) is 0.172. The minimum Gasteiger partial charge on any atom is -0.497 e. The Hall–Kier alpha value is -3.88. The van der Waals surface area contributed by atoms with Crippen LogP contribution in [0, 0.1) is 0 Å². The summed E-state index contributed by atoms with van der Waals surface area (Å²) < 4.78 is 47.2. The number of nitrogens with one attached hydrogen (secondary N) is 1. The molecule has 0 radical (unpaired) electrons. The van der Waals surface area contributed by atoms with Crippen LogP contribution in [-0.4, -0.2) is 27.6 Å². The fraction of sp³-hybridized carbons (Fsp3) is 0.208. The van der Waals surface area contributed by atoms with Crippen LogP contribution >= 0.6 is 0 Å². The number of fused-ring (bicyclic) bond motifs is 1. The van der Waals surface area contributed by atoms with Crippen molar-refractivity contribution in [3.8, 4) is 17.0 Å². The number of aromatic nitrogens is 3. The minimum absolute atomic E-state index is 0.0797. The molecule has 170 valence electrons. The predicted molar refractivity (Wildman–Crippen MR) is 118 cm³/mol. The third-order valence-electron chi connectivity index (χ3n) is 5.21. The van der Waals surface area contributed by atoms with Gasteiger partial charge in [0.25, 0.3) is 5.91 Å². The van der Waals surface area contributed by atoms with Crippen LogP contribution in [-0.2, 0) is 6.18 Å². The average Bonchev–Trinajstić information content (AvgIpc) is 3.22. The Kier molecular flexibility index (Phi) is 5.80. The molecule has 9 heteroatoms. The number of alkyl halides is 3. The van der Waals surface area contributed by atoms with Crippen molar-refractivity contribution in [1.29, 1.82) is 0 Å². The van der Waals surface area contributed by atoms with Crippen LogP contribution in [0.3, 0.4) is 0 Å². The third-order valence-corrected chi connectivity index (χ3v) is 5.21. The van der Waals surface area contributed by atoms with Crippen LogP contribution in [0.4, 0.5) is 18.9 Å². The zero-order chi connectivity index (χ0) is 23.8. The summed E-state index contributed by atoms with van der Waals surface area (Å²) in [5, 5.41) is 6.46. The van der Waals surface area contributed by atoms with Gasteiger partial charge in [0.2, 0.25) is 0 Å². The molecule has 2 heterocycles. The summed E-state index contributed by atoms with van der Waals surface area (Å²) in [6.07, 6.45) is -3.61. The van der Waals surface area contributed by atoms with E-state index >= 15 is 0 Å². The van der Waals surface area contributed by atoms with Crippen molar-refractivity contribution < 1.29 is 22.7 Å². The van der Waals surface area contributed by atoms with Gasteiger partial charge in [0.1, 0.15) is 11.3 Å². The quantitative estimate of drug-likeness (QED) is 0.414. The lowest BCUT2D eigenvalue weighted by Gasteiger charge is -2.12. The van der Waals surface area contributed by atoms with E-state index in [9.17, 15) is 18.0 Å². The van der Waals surface area contributed by atoms with Gasteiger partial charge in [-0.1, -0.05) is 44.2 Å². The molecule has 4 rings (SSSR count). The second kappa shape index (κ2) is 8.57. The van der Waals surface area contributed by atoms with E-state index in [1.807, 2.05) is 26.0 Å². The van der Waals surface area contributed by atoms with Gasteiger partial charge in [-0.05, 0) is 29.7 Å². The zero-order valence-corrected chi connectivity index (χ0v) is 18.1.